The average Bonchev–Trinajstić information content (AvgIpc) is 2.52. The Kier molecular flexibility index (Phi) is 4.88. The lowest BCUT2D eigenvalue weighted by atomic mass is 9.50. The zero-order chi connectivity index (χ0) is 19.4. The Morgan fingerprint density at radius 1 is 1.11 bits per heavy atom. The third kappa shape index (κ3) is 4.08. The number of carbonyl (C=O) groups excluding carboxylic acids is 1. The maximum Gasteiger partial charge on any atom is 0.266 e. The molecule has 0 unspecified atom stereocenters. The van der Waals surface area contributed by atoms with E-state index in [4.69, 9.17) is 27.9 Å². The van der Waals surface area contributed by atoms with Crippen molar-refractivity contribution in [3.8, 4) is 5.75 Å². The minimum atomic E-state index is -3.68. The normalized spacial score (nSPS) is 31.7. The highest BCUT2D eigenvalue weighted by Crippen LogP contribution is 2.60. The number of carbonyl (C=O) groups is 1. The molecule has 4 aliphatic rings. The first-order valence-corrected chi connectivity index (χ1v) is 11.9. The molecule has 4 saturated carbocycles. The van der Waals surface area contributed by atoms with Gasteiger partial charge in [-0.25, -0.2) is 13.1 Å². The van der Waals surface area contributed by atoms with E-state index in [9.17, 15) is 13.2 Å². The summed E-state index contributed by atoms with van der Waals surface area (Å²) in [5, 5.41) is 0.365. The predicted molar refractivity (Wildman–Crippen MR) is 105 cm³/mol. The van der Waals surface area contributed by atoms with Crippen LogP contribution in [0.1, 0.15) is 48.9 Å². The van der Waals surface area contributed by atoms with Crippen LogP contribution in [0, 0.1) is 23.2 Å². The van der Waals surface area contributed by atoms with Crippen molar-refractivity contribution in [2.75, 3.05) is 12.9 Å². The monoisotopic (exact) mass is 431 g/mol. The molecule has 4 aliphatic carbocycles. The van der Waals surface area contributed by atoms with Crippen molar-refractivity contribution >= 4 is 39.1 Å². The molecule has 0 saturated heterocycles. The van der Waals surface area contributed by atoms with Crippen LogP contribution in [-0.4, -0.2) is 27.2 Å². The molecular formula is C19H23Cl2NO4S. The first kappa shape index (κ1) is 19.3. The second-order valence-electron chi connectivity index (χ2n) is 8.67. The lowest BCUT2D eigenvalue weighted by Crippen LogP contribution is -2.48. The van der Waals surface area contributed by atoms with E-state index in [-0.39, 0.29) is 21.0 Å². The zero-order valence-corrected chi connectivity index (χ0v) is 17.5. The topological polar surface area (TPSA) is 72.5 Å². The second-order valence-corrected chi connectivity index (χ2v) is 11.2. The van der Waals surface area contributed by atoms with Crippen molar-refractivity contribution in [3.05, 3.63) is 27.7 Å². The van der Waals surface area contributed by atoms with Gasteiger partial charge in [0.25, 0.3) is 5.91 Å². The molecule has 1 aromatic carbocycles. The van der Waals surface area contributed by atoms with Gasteiger partial charge in [0.15, 0.2) is 0 Å². The maximum absolute atomic E-state index is 12.1. The van der Waals surface area contributed by atoms with Gasteiger partial charge in [0.2, 0.25) is 10.0 Å². The van der Waals surface area contributed by atoms with Crippen LogP contribution in [0.5, 0.6) is 5.75 Å². The van der Waals surface area contributed by atoms with Crippen molar-refractivity contribution in [1.29, 1.82) is 0 Å². The van der Waals surface area contributed by atoms with Crippen LogP contribution in [0.25, 0.3) is 0 Å². The summed E-state index contributed by atoms with van der Waals surface area (Å²) in [6, 6.07) is 2.86. The highest BCUT2D eigenvalue weighted by Gasteiger charge is 2.51. The van der Waals surface area contributed by atoms with Gasteiger partial charge in [-0.2, -0.15) is 0 Å². The fourth-order valence-corrected chi connectivity index (χ4v) is 6.64. The molecule has 8 heteroatoms. The summed E-state index contributed by atoms with van der Waals surface area (Å²) in [5.41, 5.74) is 0.242. The van der Waals surface area contributed by atoms with Crippen molar-refractivity contribution in [2.45, 2.75) is 38.5 Å². The van der Waals surface area contributed by atoms with Gasteiger partial charge in [-0.1, -0.05) is 23.2 Å². The summed E-state index contributed by atoms with van der Waals surface area (Å²) in [6.07, 6.45) is 8.68. The molecule has 1 aromatic rings. The summed E-state index contributed by atoms with van der Waals surface area (Å²) < 4.78 is 30.5. The number of nitrogens with one attached hydrogen (secondary N) is 1. The highest BCUT2D eigenvalue weighted by atomic mass is 35.5. The first-order chi connectivity index (χ1) is 12.6. The number of benzene rings is 1. The quantitative estimate of drug-likeness (QED) is 0.754. The molecule has 0 heterocycles. The Morgan fingerprint density at radius 2 is 1.67 bits per heavy atom. The van der Waals surface area contributed by atoms with Gasteiger partial charge in [-0.15, -0.1) is 0 Å². The van der Waals surface area contributed by atoms with Crippen molar-refractivity contribution < 1.29 is 17.9 Å². The summed E-state index contributed by atoms with van der Waals surface area (Å²) in [6.45, 7) is 0.613. The molecule has 5 nitrogen and oxygen atoms in total. The fourth-order valence-electron chi connectivity index (χ4n) is 5.73. The molecule has 5 rings (SSSR count). The first-order valence-electron chi connectivity index (χ1n) is 9.26. The summed E-state index contributed by atoms with van der Waals surface area (Å²) in [4.78, 5) is 12.1. The van der Waals surface area contributed by atoms with Crippen LogP contribution in [0.3, 0.4) is 0 Å². The maximum atomic E-state index is 12.1. The van der Waals surface area contributed by atoms with E-state index in [0.717, 1.165) is 24.0 Å². The van der Waals surface area contributed by atoms with Crippen molar-refractivity contribution in [2.24, 2.45) is 23.2 Å². The number of amides is 1. The molecule has 4 fully saturated rings. The van der Waals surface area contributed by atoms with Gasteiger partial charge in [-0.3, -0.25) is 4.79 Å². The summed E-state index contributed by atoms with van der Waals surface area (Å²) >= 11 is 12.5. The van der Waals surface area contributed by atoms with Crippen LogP contribution in [0.2, 0.25) is 10.0 Å². The number of halogens is 2. The predicted octanol–water partition coefficient (Wildman–Crippen LogP) is 4.28. The Balaban J connectivity index is 1.49. The molecule has 4 bridgehead atoms. The van der Waals surface area contributed by atoms with Crippen LogP contribution in [0.4, 0.5) is 0 Å². The molecule has 148 valence electrons. The molecule has 0 aliphatic heterocycles. The summed E-state index contributed by atoms with van der Waals surface area (Å²) in [7, 11) is -3.68. The van der Waals surface area contributed by atoms with Gasteiger partial charge < -0.3 is 4.74 Å². The van der Waals surface area contributed by atoms with E-state index in [1.165, 1.54) is 50.7 Å². The largest absolute Gasteiger partial charge is 0.491 e. The standard InChI is InChI=1S/C19H23Cl2NO4S/c1-27(24,25)22-18(23)14-5-16(21)17(6-15(14)20)26-10-19-7-11-2-12(8-19)4-13(3-11)9-19/h5-6,11-13H,2-4,7-10H2,1H3,(H,22,23). The third-order valence-electron chi connectivity index (χ3n) is 6.24. The second kappa shape index (κ2) is 6.82. The molecular weight excluding hydrogens is 409 g/mol. The van der Waals surface area contributed by atoms with Gasteiger partial charge in [-0.05, 0) is 62.3 Å². The number of hydrogen-bond donors (Lipinski definition) is 1. The molecule has 0 radical (unpaired) electrons. The Bertz CT molecular complexity index is 849. The van der Waals surface area contributed by atoms with E-state index in [0.29, 0.717) is 12.4 Å². The van der Waals surface area contributed by atoms with Crippen LogP contribution < -0.4 is 9.46 Å². The Labute approximate surface area is 169 Å². The van der Waals surface area contributed by atoms with Gasteiger partial charge >= 0.3 is 0 Å². The summed E-state index contributed by atoms with van der Waals surface area (Å²) in [5.74, 6) is 2.13. The number of rotatable bonds is 5. The SMILES string of the molecule is CS(=O)(=O)NC(=O)c1cc(Cl)c(OCC23CC4CC(CC(C4)C2)C3)cc1Cl. The molecule has 0 atom stereocenters. The number of ether oxygens (including phenoxy) is 1. The lowest BCUT2D eigenvalue weighted by Gasteiger charge is -2.56. The van der Waals surface area contributed by atoms with Gasteiger partial charge in [0, 0.05) is 11.5 Å². The lowest BCUT2D eigenvalue weighted by molar-refractivity contribution is -0.0745. The smallest absolute Gasteiger partial charge is 0.266 e. The Morgan fingerprint density at radius 3 is 2.19 bits per heavy atom. The van der Waals surface area contributed by atoms with E-state index < -0.39 is 15.9 Å². The van der Waals surface area contributed by atoms with E-state index in [1.54, 1.807) is 0 Å². The van der Waals surface area contributed by atoms with Crippen LogP contribution in [-0.2, 0) is 10.0 Å². The van der Waals surface area contributed by atoms with Crippen molar-refractivity contribution in [3.63, 3.8) is 0 Å². The van der Waals surface area contributed by atoms with E-state index in [2.05, 4.69) is 0 Å². The van der Waals surface area contributed by atoms with Crippen LogP contribution in [0.15, 0.2) is 12.1 Å². The van der Waals surface area contributed by atoms with Crippen LogP contribution >= 0.6 is 23.2 Å². The molecule has 0 aromatic heterocycles. The number of sulfonamides is 1. The zero-order valence-electron chi connectivity index (χ0n) is 15.1. The van der Waals surface area contributed by atoms with Gasteiger partial charge in [0.05, 0.1) is 28.5 Å². The van der Waals surface area contributed by atoms with E-state index >= 15 is 0 Å². The fraction of sp³-hybridized carbons (Fsp3) is 0.632. The molecule has 27 heavy (non-hydrogen) atoms. The average molecular weight is 432 g/mol. The van der Waals surface area contributed by atoms with E-state index in [1.807, 2.05) is 4.72 Å². The molecule has 1 amide bonds. The third-order valence-corrected chi connectivity index (χ3v) is 7.41. The minimum Gasteiger partial charge on any atom is -0.491 e. The Hall–Kier alpha value is -0.980. The highest BCUT2D eigenvalue weighted by molar-refractivity contribution is 7.89. The molecule has 0 spiro atoms. The van der Waals surface area contributed by atoms with Gasteiger partial charge in [0.1, 0.15) is 5.75 Å². The molecule has 1 N–H and O–H groups in total. The van der Waals surface area contributed by atoms with Crippen molar-refractivity contribution in [1.82, 2.24) is 4.72 Å². The number of hydrogen-bond acceptors (Lipinski definition) is 4. The minimum absolute atomic E-state index is 0.00856.